The molecule has 63 nitrogen and oxygen atoms in total. The molecule has 71 heteroatoms. The zero-order valence-corrected chi connectivity index (χ0v) is 78.5. The number of primary amides is 1. The highest BCUT2D eigenvalue weighted by Gasteiger charge is 2.56. The second kappa shape index (κ2) is 44.2. The van der Waals surface area contributed by atoms with Crippen LogP contribution in [-0.2, 0) is 155 Å². The SMILES string of the molecule is CN(NC(=O)[C@@H]1CC[C@@H]2CN1C(=O)N2OS(=O)(=O)O)c1ccccc1.CS(=O)(=O)CNC(=O)[C@@H]1CC[C@@H]2CN1C(=O)N2OS(=O)(=O)O.NC(=O)CNC(=O)[C@@H]1CC[C@@H]2CN1C(=O)N2OS(=O)(=O)O.NS(=O)(=O)CNC(=O)[C@@H]1CC[C@@H]2CN1C(=O)N2OS(=O)(=O)O.O=C(NCc1ccccc1)[C@@H]1CC[C@@H]2CN1C(=O)N2OS(=O)(=O)O.O=C(NCc1cccnc1)[C@@H]1CC[C@@H]2CN1C(=O)N2OS(=O)(=O)O. The lowest BCUT2D eigenvalue weighted by molar-refractivity contribution is -0.128. The molecule has 12 aliphatic rings. The predicted octanol–water partition coefficient (Wildman–Crippen LogP) is -6.79. The van der Waals surface area contributed by atoms with Crippen LogP contribution in [-0.4, -0.2) is 380 Å². The van der Waals surface area contributed by atoms with Crippen LogP contribution < -0.4 is 47.9 Å². The second-order valence-corrected chi connectivity index (χ2v) is 41.6. The van der Waals surface area contributed by atoms with Crippen LogP contribution in [0.15, 0.2) is 85.2 Å². The molecule has 0 spiro atoms. The summed E-state index contributed by atoms with van der Waals surface area (Å²) in [5.74, 6) is -5.01. The fourth-order valence-electron chi connectivity index (χ4n) is 16.2. The molecular formula is C67H94N22O41S8. The van der Waals surface area contributed by atoms with Gasteiger partial charge in [-0.1, -0.05) is 54.6 Å². The Bertz CT molecular complexity index is 5840. The standard InChI is InChI=1S/C14H18N4O6S.C14H17N3O6S.C13H16N4O6S.C9H14N4O7S.C9H15N3O8S2.C8H14N4O8S2/c1-16(10-5-3-2-4-6-10)15-13(19)12-8-7-11-9-17(12)14(20)18(11)24-25(21,22)23;18-13(15-8-10-4-2-1-3-5-10)12-7-6-11-9-16(12)14(19)17(11)23-24(20,21)22;18-12(15-7-9-2-1-5-14-6-9)11-4-3-10-8-16(11)13(19)17(10)23-24(20,21)22;10-7(14)3-11-8(15)6-2-1-5-4-12(6)9(16)13(5)20-21(17,18)19;1-21(15,16)5-10-8(13)7-3-2-6-4-11(7)9(14)12(6)20-22(17,18)19;9-21(15,16)4-10-7(13)6-2-1-5-3-11(6)8(14)12(5)20-22(17,18)19/h2-6,11-12H,7-9H2,1H3,(H,15,19)(H,21,22,23);1-5,11-12H,6-9H2,(H,15,18)(H,20,21,22);1-2,5-6,10-11H,3-4,7-8H2,(H,15,18)(H,20,21,22);5-6H,1-4H2,(H2,10,14)(H,11,15)(H,17,18,19);6-7H,2-5H2,1H3,(H,10,13)(H,17,18,19);5-6H,1-4H2,(H,10,13)(H2,9,15,16)(H,17,18,19)/t2*11-,12+;10-,11+;5-,6+;6-,7+;5-,6+/m111111/s1. The van der Waals surface area contributed by atoms with Gasteiger partial charge in [-0.15, -0.1) is 25.7 Å². The fourth-order valence-corrected chi connectivity index (χ4v) is 19.3. The lowest BCUT2D eigenvalue weighted by atomic mass is 10.0. The van der Waals surface area contributed by atoms with Gasteiger partial charge >= 0.3 is 98.6 Å². The second-order valence-electron chi connectivity index (χ2n) is 31.9. The minimum atomic E-state index is -4.86. The first-order chi connectivity index (χ1) is 64.1. The molecule has 138 heavy (non-hydrogen) atoms. The number of hydrogen-bond donors (Lipinski definition) is 14. The van der Waals surface area contributed by atoms with Gasteiger partial charge in [0.05, 0.1) is 48.5 Å². The number of anilines is 1. The number of nitrogens with one attached hydrogen (secondary N) is 6. The van der Waals surface area contributed by atoms with Crippen molar-refractivity contribution in [2.75, 3.05) is 75.9 Å². The number of sulfone groups is 1. The summed E-state index contributed by atoms with van der Waals surface area (Å²) >= 11 is 0. The molecule has 19 amide bonds. The van der Waals surface area contributed by atoms with E-state index in [-0.39, 0.29) is 102 Å². The maximum atomic E-state index is 12.5. The van der Waals surface area contributed by atoms with Crippen LogP contribution in [0, 0.1) is 0 Å². The fraction of sp³-hybridized carbons (Fsp3) is 0.552. The monoisotopic (exact) mass is 2120 g/mol. The van der Waals surface area contributed by atoms with Crippen molar-refractivity contribution in [2.24, 2.45) is 10.9 Å². The normalized spacial score (nSPS) is 24.2. The minimum Gasteiger partial charge on any atom is -0.368 e. The third-order valence-electron chi connectivity index (χ3n) is 22.1. The Morgan fingerprint density at radius 2 is 0.616 bits per heavy atom. The molecule has 16 N–H and O–H groups in total. The van der Waals surface area contributed by atoms with E-state index >= 15 is 0 Å². The number of amides is 19. The van der Waals surface area contributed by atoms with Gasteiger partial charge in [0, 0.05) is 78.1 Å². The maximum Gasteiger partial charge on any atom is 0.418 e. The molecule has 13 heterocycles. The van der Waals surface area contributed by atoms with E-state index in [1.807, 2.05) is 66.7 Å². The van der Waals surface area contributed by atoms with E-state index in [4.69, 9.17) is 38.2 Å². The number of carbonyl (C=O) groups excluding carboxylic acids is 13. The third-order valence-corrected chi connectivity index (χ3v) is 25.4. The molecule has 12 fully saturated rings. The topological polar surface area (TPSA) is 851 Å². The van der Waals surface area contributed by atoms with Crippen molar-refractivity contribution >= 4 is 165 Å². The van der Waals surface area contributed by atoms with Gasteiger partial charge in [0.25, 0.3) is 5.91 Å². The summed E-state index contributed by atoms with van der Waals surface area (Å²) in [6.07, 6.45) is 7.99. The zero-order valence-electron chi connectivity index (χ0n) is 71.9. The largest absolute Gasteiger partial charge is 0.418 e. The summed E-state index contributed by atoms with van der Waals surface area (Å²) in [6, 6.07) is 8.98. The number of carbonyl (C=O) groups is 13. The lowest BCUT2D eigenvalue weighted by Gasteiger charge is -2.31. The Hall–Kier alpha value is -11.6. The summed E-state index contributed by atoms with van der Waals surface area (Å²) in [5.41, 5.74) is 10.1. The number of urea groups is 6. The number of primary sulfonamides is 1. The lowest BCUT2D eigenvalue weighted by Crippen LogP contribution is -2.53. The molecule has 0 unspecified atom stereocenters. The van der Waals surface area contributed by atoms with E-state index in [1.165, 1.54) is 14.7 Å². The minimum absolute atomic E-state index is 0.0157. The molecule has 766 valence electrons. The van der Waals surface area contributed by atoms with Crippen LogP contribution in [0.4, 0.5) is 34.5 Å². The number of hydrazine groups is 1. The van der Waals surface area contributed by atoms with Crippen molar-refractivity contribution in [3.8, 4) is 0 Å². The average Bonchev–Trinajstić information content (AvgIpc) is 1.66. The van der Waals surface area contributed by atoms with Gasteiger partial charge in [0.1, 0.15) is 48.0 Å². The Labute approximate surface area is 786 Å². The quantitative estimate of drug-likeness (QED) is 0.0218. The molecule has 3 aromatic rings. The van der Waals surface area contributed by atoms with Crippen molar-refractivity contribution < 1.29 is 183 Å². The van der Waals surface area contributed by atoms with Gasteiger partial charge in [0.15, 0.2) is 9.84 Å². The molecule has 12 atom stereocenters. The highest BCUT2D eigenvalue weighted by molar-refractivity contribution is 7.90. The average molecular weight is 2120 g/mol. The molecule has 2 aromatic carbocycles. The first kappa shape index (κ1) is 108. The molecule has 15 rings (SSSR count). The van der Waals surface area contributed by atoms with Crippen LogP contribution >= 0.6 is 0 Å². The first-order valence-electron chi connectivity index (χ1n) is 40.6. The summed E-state index contributed by atoms with van der Waals surface area (Å²) in [7, 11) is -34.5. The van der Waals surface area contributed by atoms with Gasteiger partial charge in [-0.25, -0.2) is 50.7 Å². The van der Waals surface area contributed by atoms with Crippen LogP contribution in [0.2, 0.25) is 0 Å². The molecule has 12 saturated heterocycles. The predicted molar refractivity (Wildman–Crippen MR) is 454 cm³/mol. The molecule has 0 aliphatic carbocycles. The van der Waals surface area contributed by atoms with E-state index in [0.717, 1.165) is 37.8 Å². The number of hydroxylamine groups is 12. The number of benzene rings is 2. The van der Waals surface area contributed by atoms with E-state index in [2.05, 4.69) is 62.7 Å². The van der Waals surface area contributed by atoms with Crippen molar-refractivity contribution in [3.05, 3.63) is 96.3 Å². The molecule has 12 aliphatic heterocycles. The maximum absolute atomic E-state index is 12.5. The molecule has 0 radical (unpaired) electrons. The number of aromatic nitrogens is 1. The van der Waals surface area contributed by atoms with Gasteiger partial charge in [-0.3, -0.25) is 76.3 Å². The summed E-state index contributed by atoms with van der Waals surface area (Å²) in [4.78, 5) is 167. The van der Waals surface area contributed by atoms with Gasteiger partial charge in [-0.2, -0.15) is 80.9 Å². The number of sulfonamides is 1. The number of rotatable bonds is 30. The van der Waals surface area contributed by atoms with Crippen LogP contribution in [0.3, 0.4) is 0 Å². The van der Waals surface area contributed by atoms with Crippen LogP contribution in [0.1, 0.15) is 88.2 Å². The van der Waals surface area contributed by atoms with E-state index in [1.54, 1.807) is 30.5 Å². The number of piperidine rings is 6. The Balaban J connectivity index is 0.000000171. The third kappa shape index (κ3) is 30.0. The highest BCUT2D eigenvalue weighted by Crippen LogP contribution is 2.38. The summed E-state index contributed by atoms with van der Waals surface area (Å²) in [6.45, 7) is 0.910. The van der Waals surface area contributed by atoms with Crippen molar-refractivity contribution in [1.82, 2.24) is 96.8 Å². The molecular weight excluding hydrogens is 2030 g/mol. The van der Waals surface area contributed by atoms with Gasteiger partial charge in [-0.05, 0) is 106 Å². The van der Waals surface area contributed by atoms with E-state index in [0.29, 0.717) is 81.9 Å². The molecule has 12 bridgehead atoms. The van der Waals surface area contributed by atoms with Crippen molar-refractivity contribution in [2.45, 2.75) is 163 Å². The van der Waals surface area contributed by atoms with Crippen LogP contribution in [0.5, 0.6) is 0 Å². The van der Waals surface area contributed by atoms with Crippen molar-refractivity contribution in [1.29, 1.82) is 0 Å². The Kier molecular flexibility index (Phi) is 34.8. The molecule has 0 saturated carbocycles. The Morgan fingerprint density at radius 1 is 0.362 bits per heavy atom. The smallest absolute Gasteiger partial charge is 0.368 e. The number of para-hydroxylation sites is 1. The first-order valence-corrected chi connectivity index (χ1v) is 52.6. The van der Waals surface area contributed by atoms with Gasteiger partial charge < -0.3 is 61.7 Å². The number of hydrogen-bond acceptors (Lipinski definition) is 37. The van der Waals surface area contributed by atoms with Crippen LogP contribution in [0.25, 0.3) is 0 Å². The molecule has 1 aromatic heterocycles. The highest BCUT2D eigenvalue weighted by atomic mass is 32.3. The zero-order chi connectivity index (χ0) is 102. The van der Waals surface area contributed by atoms with E-state index in [9.17, 15) is 130 Å². The summed E-state index contributed by atoms with van der Waals surface area (Å²) in [5, 5.41) is 21.8. The van der Waals surface area contributed by atoms with Crippen molar-refractivity contribution in [3.63, 3.8) is 0 Å². The van der Waals surface area contributed by atoms with Gasteiger partial charge in [0.2, 0.25) is 45.5 Å². The Morgan fingerprint density at radius 3 is 0.877 bits per heavy atom. The number of nitrogens with two attached hydrogens (primary N) is 2. The summed E-state index contributed by atoms with van der Waals surface area (Å²) < 4.78 is 251. The number of fused-ring (bicyclic) bond motifs is 12. The van der Waals surface area contributed by atoms with E-state index < -0.39 is 226 Å². The number of pyridine rings is 1. The number of nitrogens with zero attached hydrogens (tertiary/aromatic N) is 14.